The van der Waals surface area contributed by atoms with E-state index in [4.69, 9.17) is 35.7 Å². The van der Waals surface area contributed by atoms with Gasteiger partial charge < -0.3 is 35.7 Å². The molecular weight excluding hydrogens is 220 g/mol. The Balaban J connectivity index is 0. The first-order chi connectivity index (χ1) is 7.45. The molecule has 7 heteroatoms. The molecule has 7 N–H and O–H groups in total. The molecule has 0 amide bonds. The smallest absolute Gasteiger partial charge is 0.111 e. The molecule has 0 bridgehead atoms. The van der Waals surface area contributed by atoms with Crippen molar-refractivity contribution in [2.75, 3.05) is 19.8 Å². The van der Waals surface area contributed by atoms with E-state index in [1.165, 1.54) is 0 Å². The van der Waals surface area contributed by atoms with Crippen LogP contribution in [0.2, 0.25) is 0 Å². The molecule has 7 nitrogen and oxygen atoms in total. The fourth-order valence-corrected chi connectivity index (χ4v) is 0.671. The van der Waals surface area contributed by atoms with Crippen molar-refractivity contribution in [3.05, 3.63) is 0 Å². The lowest BCUT2D eigenvalue weighted by molar-refractivity contribution is -0.123. The Labute approximate surface area is 94.2 Å². The van der Waals surface area contributed by atoms with Gasteiger partial charge >= 0.3 is 0 Å². The molecule has 0 spiro atoms. The summed E-state index contributed by atoms with van der Waals surface area (Å²) in [6.45, 7) is 0.798. The highest BCUT2D eigenvalue weighted by Gasteiger charge is 2.29. The van der Waals surface area contributed by atoms with E-state index in [1.807, 2.05) is 6.92 Å². The second-order valence-electron chi connectivity index (χ2n) is 3.20. The van der Waals surface area contributed by atoms with E-state index in [9.17, 15) is 0 Å². The van der Waals surface area contributed by atoms with Gasteiger partial charge in [0.25, 0.3) is 0 Å². The molecule has 0 aromatic heterocycles. The molecular formula is C9H22O7. The van der Waals surface area contributed by atoms with E-state index >= 15 is 0 Å². The summed E-state index contributed by atoms with van der Waals surface area (Å²) in [5.74, 6) is 0. The lowest BCUT2D eigenvalue weighted by atomic mass is 10.0. The lowest BCUT2D eigenvalue weighted by Gasteiger charge is -2.24. The Morgan fingerprint density at radius 3 is 1.12 bits per heavy atom. The van der Waals surface area contributed by atoms with Crippen molar-refractivity contribution in [3.8, 4) is 0 Å². The standard InChI is InChI=1S/C6H14O6.C3H8O/c7-1-3(9)5(11)6(12)4(10)2-8;1-2-3-4/h3-12H,1-2H2;4H,2-3H2,1H3. The highest BCUT2D eigenvalue weighted by atomic mass is 16.4. The van der Waals surface area contributed by atoms with E-state index < -0.39 is 37.6 Å². The van der Waals surface area contributed by atoms with Crippen molar-refractivity contribution in [1.29, 1.82) is 0 Å². The Hall–Kier alpha value is -0.280. The van der Waals surface area contributed by atoms with Gasteiger partial charge in [-0.2, -0.15) is 0 Å². The van der Waals surface area contributed by atoms with Gasteiger partial charge in [-0.25, -0.2) is 0 Å². The molecule has 4 unspecified atom stereocenters. The van der Waals surface area contributed by atoms with Crippen LogP contribution >= 0.6 is 0 Å². The van der Waals surface area contributed by atoms with Crippen molar-refractivity contribution in [1.82, 2.24) is 0 Å². The van der Waals surface area contributed by atoms with E-state index in [1.54, 1.807) is 0 Å². The molecule has 0 saturated carbocycles. The minimum atomic E-state index is -1.67. The first-order valence-electron chi connectivity index (χ1n) is 5.01. The largest absolute Gasteiger partial charge is 0.396 e. The van der Waals surface area contributed by atoms with Crippen molar-refractivity contribution in [3.63, 3.8) is 0 Å². The molecule has 0 aliphatic carbocycles. The quantitative estimate of drug-likeness (QED) is 0.260. The number of hydrogen-bond donors (Lipinski definition) is 7. The predicted octanol–water partition coefficient (Wildman–Crippen LogP) is -3.20. The second kappa shape index (κ2) is 11.2. The summed E-state index contributed by atoms with van der Waals surface area (Å²) < 4.78 is 0. The molecule has 0 radical (unpaired) electrons. The van der Waals surface area contributed by atoms with Crippen LogP contribution in [-0.2, 0) is 0 Å². The summed E-state index contributed by atoms with van der Waals surface area (Å²) in [5.41, 5.74) is 0. The molecule has 0 rings (SSSR count). The van der Waals surface area contributed by atoms with Gasteiger partial charge in [-0.3, -0.25) is 0 Å². The minimum Gasteiger partial charge on any atom is -0.396 e. The maximum absolute atomic E-state index is 8.96. The summed E-state index contributed by atoms with van der Waals surface area (Å²) >= 11 is 0. The number of hydrogen-bond acceptors (Lipinski definition) is 7. The van der Waals surface area contributed by atoms with Gasteiger partial charge in [-0.15, -0.1) is 0 Å². The van der Waals surface area contributed by atoms with Gasteiger partial charge in [0.05, 0.1) is 13.2 Å². The summed E-state index contributed by atoms with van der Waals surface area (Å²) in [7, 11) is 0. The summed E-state index contributed by atoms with van der Waals surface area (Å²) in [4.78, 5) is 0. The Morgan fingerprint density at radius 2 is 1.00 bits per heavy atom. The Bertz CT molecular complexity index is 128. The average molecular weight is 242 g/mol. The zero-order chi connectivity index (χ0) is 13.1. The average Bonchev–Trinajstić information content (AvgIpc) is 2.34. The number of rotatable bonds is 6. The van der Waals surface area contributed by atoms with Crippen molar-refractivity contribution in [2.45, 2.75) is 37.8 Å². The van der Waals surface area contributed by atoms with Crippen LogP contribution in [0.4, 0.5) is 0 Å². The third kappa shape index (κ3) is 7.94. The maximum atomic E-state index is 8.96. The highest BCUT2D eigenvalue weighted by Crippen LogP contribution is 2.03. The van der Waals surface area contributed by atoms with Crippen LogP contribution in [0.3, 0.4) is 0 Å². The zero-order valence-corrected chi connectivity index (χ0v) is 9.27. The number of aliphatic hydroxyl groups is 7. The zero-order valence-electron chi connectivity index (χ0n) is 9.27. The van der Waals surface area contributed by atoms with E-state index in [0.29, 0.717) is 6.61 Å². The molecule has 0 saturated heterocycles. The van der Waals surface area contributed by atoms with Gasteiger partial charge in [0.15, 0.2) is 0 Å². The SMILES string of the molecule is CCCO.OCC(O)C(O)C(O)C(O)CO. The van der Waals surface area contributed by atoms with Crippen LogP contribution < -0.4 is 0 Å². The van der Waals surface area contributed by atoms with Gasteiger partial charge in [0.1, 0.15) is 24.4 Å². The monoisotopic (exact) mass is 242 g/mol. The fraction of sp³-hybridized carbons (Fsp3) is 1.00. The molecule has 0 heterocycles. The maximum Gasteiger partial charge on any atom is 0.111 e. The van der Waals surface area contributed by atoms with Gasteiger partial charge in [0.2, 0.25) is 0 Å². The van der Waals surface area contributed by atoms with E-state index in [0.717, 1.165) is 6.42 Å². The molecule has 100 valence electrons. The number of aliphatic hydroxyl groups excluding tert-OH is 7. The van der Waals surface area contributed by atoms with Gasteiger partial charge in [0, 0.05) is 6.61 Å². The summed E-state index contributed by atoms with van der Waals surface area (Å²) in [6, 6.07) is 0. The van der Waals surface area contributed by atoms with Crippen molar-refractivity contribution >= 4 is 0 Å². The molecule has 0 aliphatic rings. The van der Waals surface area contributed by atoms with Crippen LogP contribution in [0.15, 0.2) is 0 Å². The Morgan fingerprint density at radius 1 is 0.750 bits per heavy atom. The summed E-state index contributed by atoms with van der Waals surface area (Å²) in [6.07, 6.45) is -5.52. The summed E-state index contributed by atoms with van der Waals surface area (Å²) in [5, 5.41) is 60.1. The predicted molar refractivity (Wildman–Crippen MR) is 55.6 cm³/mol. The minimum absolute atomic E-state index is 0.319. The molecule has 0 aliphatic heterocycles. The molecule has 0 aromatic carbocycles. The van der Waals surface area contributed by atoms with Crippen LogP contribution in [0, 0.1) is 0 Å². The molecule has 0 fully saturated rings. The van der Waals surface area contributed by atoms with E-state index in [2.05, 4.69) is 0 Å². The lowest BCUT2D eigenvalue weighted by Crippen LogP contribution is -2.46. The third-order valence-corrected chi connectivity index (χ3v) is 1.74. The normalized spacial score (nSPS) is 18.0. The van der Waals surface area contributed by atoms with Gasteiger partial charge in [-0.1, -0.05) is 6.92 Å². The van der Waals surface area contributed by atoms with Crippen LogP contribution in [0.5, 0.6) is 0 Å². The third-order valence-electron chi connectivity index (χ3n) is 1.74. The first kappa shape index (κ1) is 18.1. The molecule has 4 atom stereocenters. The first-order valence-corrected chi connectivity index (χ1v) is 5.01. The topological polar surface area (TPSA) is 142 Å². The molecule has 0 aromatic rings. The molecule has 16 heavy (non-hydrogen) atoms. The van der Waals surface area contributed by atoms with Crippen LogP contribution in [-0.4, -0.2) is 80.0 Å². The highest BCUT2D eigenvalue weighted by molar-refractivity contribution is 4.79. The van der Waals surface area contributed by atoms with Crippen molar-refractivity contribution < 1.29 is 35.7 Å². The fourth-order valence-electron chi connectivity index (χ4n) is 0.671. The van der Waals surface area contributed by atoms with Crippen LogP contribution in [0.25, 0.3) is 0 Å². The Kier molecular flexibility index (Phi) is 12.7. The van der Waals surface area contributed by atoms with Gasteiger partial charge in [-0.05, 0) is 6.42 Å². The van der Waals surface area contributed by atoms with Crippen molar-refractivity contribution in [2.24, 2.45) is 0 Å². The second-order valence-corrected chi connectivity index (χ2v) is 3.20. The van der Waals surface area contributed by atoms with Crippen LogP contribution in [0.1, 0.15) is 13.3 Å². The van der Waals surface area contributed by atoms with E-state index in [-0.39, 0.29) is 0 Å².